The van der Waals surface area contributed by atoms with Gasteiger partial charge in [0.2, 0.25) is 0 Å². The molecule has 0 amide bonds. The Kier molecular flexibility index (Phi) is 10.9. The van der Waals surface area contributed by atoms with Gasteiger partial charge in [0.15, 0.2) is 0 Å². The molecule has 7 heterocycles. The number of carbonyl (C=O) groups is 2. The fourth-order valence-electron chi connectivity index (χ4n) is 7.33. The van der Waals surface area contributed by atoms with E-state index in [0.29, 0.717) is 11.1 Å². The first kappa shape index (κ1) is 39.4. The van der Waals surface area contributed by atoms with E-state index >= 15 is 0 Å². The van der Waals surface area contributed by atoms with Gasteiger partial charge in [-0.1, -0.05) is 24.3 Å². The Labute approximate surface area is 349 Å². The molecular weight excluding hydrogens is 795 g/mol. The molecule has 0 fully saturated rings. The predicted molar refractivity (Wildman–Crippen MR) is 217 cm³/mol. The molecule has 58 heavy (non-hydrogen) atoms. The molecule has 5 aromatic heterocycles. The van der Waals surface area contributed by atoms with Crippen LogP contribution in [0.15, 0.2) is 97.8 Å². The molecule has 0 unspecified atom stereocenters. The number of fused-ring (bicyclic) bond motifs is 8. The van der Waals surface area contributed by atoms with Crippen LogP contribution in [0.1, 0.15) is 43.5 Å². The summed E-state index contributed by atoms with van der Waals surface area (Å²) in [6, 6.07) is 22.8. The van der Waals surface area contributed by atoms with Gasteiger partial charge in [0.1, 0.15) is 0 Å². The number of hydrogen-bond acceptors (Lipinski definition) is 8. The number of rotatable bonds is 6. The van der Waals surface area contributed by atoms with Gasteiger partial charge in [-0.25, -0.2) is 29.5 Å². The third-order valence-electron chi connectivity index (χ3n) is 10.1. The number of benzene rings is 2. The maximum Gasteiger partial charge on any atom is 0.337 e. The van der Waals surface area contributed by atoms with E-state index in [0.717, 1.165) is 89.6 Å². The van der Waals surface area contributed by atoms with Gasteiger partial charge in [0.25, 0.3) is 0 Å². The number of imidazole rings is 2. The molecule has 0 spiro atoms. The topological polar surface area (TPSA) is 146 Å². The molecule has 7 aromatic rings. The molecule has 0 aliphatic carbocycles. The van der Waals surface area contributed by atoms with Crippen molar-refractivity contribution in [3.05, 3.63) is 132 Å². The second-order valence-corrected chi connectivity index (χ2v) is 13.4. The molecule has 2 N–H and O–H groups in total. The summed E-state index contributed by atoms with van der Waals surface area (Å²) in [7, 11) is 6.65. The minimum atomic E-state index is -0.410. The van der Waals surface area contributed by atoms with Gasteiger partial charge in [-0.15, -0.1) is 0 Å². The predicted octanol–water partition coefficient (Wildman–Crippen LogP) is 5.37. The van der Waals surface area contributed by atoms with Gasteiger partial charge >= 0.3 is 11.9 Å². The van der Waals surface area contributed by atoms with Crippen molar-refractivity contribution in [3.8, 4) is 44.8 Å². The summed E-state index contributed by atoms with van der Waals surface area (Å²) in [6.45, 7) is 0. The van der Waals surface area contributed by atoms with E-state index in [2.05, 4.69) is 19.9 Å². The Balaban J connectivity index is 0.00000256. The van der Waals surface area contributed by atoms with Crippen LogP contribution in [-0.2, 0) is 40.6 Å². The zero-order chi connectivity index (χ0) is 38.5. The SMILES string of the molecule is COC(=O)c1ccc(-c2c3nc(c(-c4cncn4C)c4ccc([nH]4)c(-c4ccc(C(=O)OC)cc4)c4nc(c(-c5cncn5C)c5ccc2[nH]5)C=C4)C=C3)cc1.[Cl-].[Mn]. The molecular formula is C44H34ClMnN8O4-. The number of carbonyl (C=O) groups excluding carboxylic acids is 2. The molecule has 2 aromatic carbocycles. The summed E-state index contributed by atoms with van der Waals surface area (Å²) < 4.78 is 13.9. The third-order valence-corrected chi connectivity index (χ3v) is 10.1. The largest absolute Gasteiger partial charge is 1.00 e. The molecule has 0 saturated heterocycles. The number of hydrogen-bond donors (Lipinski definition) is 2. The van der Waals surface area contributed by atoms with Crippen molar-refractivity contribution in [3.63, 3.8) is 0 Å². The Morgan fingerprint density at radius 3 is 1.16 bits per heavy atom. The Bertz CT molecular complexity index is 2760. The standard InChI is InChI=1S/C44H34N8O4.ClH.Mn/c1-51-23-45-21-37(51)41-33-17-13-29(47-33)39(25-5-9-27(10-6-25)43(53)55-3)31-15-19-35(49-31)42(38-22-46-24-52(38)2)36-20-16-32(50-36)40(30-14-18-34(41)48-30)26-7-11-28(12-8-26)44(54)56-4;;/h5-24,47,50H,1-4H3;1H;/p-1. The number of aromatic amines is 2. The van der Waals surface area contributed by atoms with Crippen LogP contribution >= 0.6 is 0 Å². The summed E-state index contributed by atoms with van der Waals surface area (Å²) in [6.07, 6.45) is 15.2. The second-order valence-electron chi connectivity index (χ2n) is 13.4. The molecule has 9 rings (SSSR count). The maximum atomic E-state index is 12.4. The second kappa shape index (κ2) is 16.0. The Morgan fingerprint density at radius 1 is 0.517 bits per heavy atom. The number of ether oxygens (including phenoxy) is 2. The van der Waals surface area contributed by atoms with Crippen molar-refractivity contribution in [1.29, 1.82) is 0 Å². The van der Waals surface area contributed by atoms with Crippen LogP contribution in [0.4, 0.5) is 0 Å². The van der Waals surface area contributed by atoms with Gasteiger partial charge in [-0.3, -0.25) is 0 Å². The average Bonchev–Trinajstić information content (AvgIpc) is 4.09. The first-order valence-electron chi connectivity index (χ1n) is 17.8. The van der Waals surface area contributed by atoms with Gasteiger partial charge in [0.05, 0.1) is 95.6 Å². The summed E-state index contributed by atoms with van der Waals surface area (Å²) >= 11 is 0. The van der Waals surface area contributed by atoms with Gasteiger partial charge in [0, 0.05) is 64.5 Å². The minimum absolute atomic E-state index is 0. The normalized spacial score (nSPS) is 11.5. The van der Waals surface area contributed by atoms with Crippen molar-refractivity contribution < 1.29 is 48.5 Å². The molecule has 2 aliphatic heterocycles. The van der Waals surface area contributed by atoms with Crippen LogP contribution < -0.4 is 12.4 Å². The molecule has 0 saturated carbocycles. The van der Waals surface area contributed by atoms with E-state index in [9.17, 15) is 9.59 Å². The number of aryl methyl sites for hydroxylation is 2. The van der Waals surface area contributed by atoms with E-state index in [1.54, 1.807) is 36.9 Å². The molecule has 12 nitrogen and oxygen atoms in total. The number of methoxy groups -OCH3 is 2. The molecule has 1 radical (unpaired) electrons. The van der Waals surface area contributed by atoms with Gasteiger partial charge in [-0.2, -0.15) is 0 Å². The summed E-state index contributed by atoms with van der Waals surface area (Å²) in [5, 5.41) is 0. The molecule has 289 valence electrons. The fraction of sp³-hybridized carbons (Fsp3) is 0.0909. The van der Waals surface area contributed by atoms with Crippen LogP contribution in [0.25, 0.3) is 91.1 Å². The zero-order valence-corrected chi connectivity index (χ0v) is 33.6. The summed E-state index contributed by atoms with van der Waals surface area (Å²) in [4.78, 5) is 51.7. The minimum Gasteiger partial charge on any atom is -1.00 e. The number of H-pyrrole nitrogens is 2. The van der Waals surface area contributed by atoms with E-state index in [1.807, 2.05) is 108 Å². The summed E-state index contributed by atoms with van der Waals surface area (Å²) in [5.74, 6) is -0.821. The smallest absolute Gasteiger partial charge is 0.337 e. The van der Waals surface area contributed by atoms with E-state index in [1.165, 1.54) is 14.2 Å². The van der Waals surface area contributed by atoms with Crippen LogP contribution in [-0.4, -0.2) is 65.2 Å². The Hall–Kier alpha value is -6.79. The van der Waals surface area contributed by atoms with Crippen LogP contribution in [0.5, 0.6) is 0 Å². The number of aromatic nitrogens is 8. The van der Waals surface area contributed by atoms with Gasteiger partial charge in [-0.05, 0) is 84.0 Å². The first-order valence-corrected chi connectivity index (χ1v) is 17.8. The van der Waals surface area contributed by atoms with Crippen LogP contribution in [0, 0.1) is 0 Å². The van der Waals surface area contributed by atoms with Crippen LogP contribution in [0.3, 0.4) is 0 Å². The van der Waals surface area contributed by atoms with Crippen molar-refractivity contribution in [1.82, 2.24) is 39.0 Å². The van der Waals surface area contributed by atoms with Crippen molar-refractivity contribution >= 4 is 58.3 Å². The quantitative estimate of drug-likeness (QED) is 0.168. The van der Waals surface area contributed by atoms with E-state index in [-0.39, 0.29) is 29.5 Å². The number of esters is 2. The van der Waals surface area contributed by atoms with Crippen molar-refractivity contribution in [2.75, 3.05) is 14.2 Å². The van der Waals surface area contributed by atoms with E-state index < -0.39 is 11.9 Å². The zero-order valence-electron chi connectivity index (χ0n) is 31.6. The van der Waals surface area contributed by atoms with Crippen molar-refractivity contribution in [2.45, 2.75) is 0 Å². The first-order chi connectivity index (χ1) is 27.3. The van der Waals surface area contributed by atoms with Gasteiger partial charge < -0.3 is 41.0 Å². The number of nitrogens with zero attached hydrogens (tertiary/aromatic N) is 6. The molecule has 14 heteroatoms. The fourth-order valence-corrected chi connectivity index (χ4v) is 7.33. The Morgan fingerprint density at radius 2 is 0.845 bits per heavy atom. The van der Waals surface area contributed by atoms with Crippen LogP contribution in [0.2, 0.25) is 0 Å². The number of nitrogens with one attached hydrogen (secondary N) is 2. The molecule has 8 bridgehead atoms. The third kappa shape index (κ3) is 6.85. The summed E-state index contributed by atoms with van der Waals surface area (Å²) in [5.41, 5.74) is 13.9. The van der Waals surface area contributed by atoms with Crippen molar-refractivity contribution in [2.24, 2.45) is 14.1 Å². The number of halogens is 1. The van der Waals surface area contributed by atoms with E-state index in [4.69, 9.17) is 19.4 Å². The maximum absolute atomic E-state index is 12.4. The molecule has 0 atom stereocenters. The molecule has 2 aliphatic rings. The average molecular weight is 829 g/mol. The monoisotopic (exact) mass is 828 g/mol.